The lowest BCUT2D eigenvalue weighted by molar-refractivity contribution is -0.143. The van der Waals surface area contributed by atoms with Crippen LogP contribution in [0.2, 0.25) is 0 Å². The Morgan fingerprint density at radius 1 is 1.23 bits per heavy atom. The van der Waals surface area contributed by atoms with Crippen molar-refractivity contribution in [3.8, 4) is 11.5 Å². The number of carboxylic acid groups (broad SMARTS) is 1. The molecule has 0 saturated carbocycles. The number of benzene rings is 1. The molecule has 138 valence electrons. The Balaban J connectivity index is 2.06. The number of hydrogen-bond acceptors (Lipinski definition) is 5. The third-order valence-corrected chi connectivity index (χ3v) is 4.92. The Bertz CT molecular complexity index is 751. The van der Waals surface area contributed by atoms with Crippen molar-refractivity contribution >= 4 is 5.97 Å². The average Bonchev–Trinajstić information content (AvgIpc) is 2.69. The summed E-state index contributed by atoms with van der Waals surface area (Å²) in [4.78, 5) is 17.9. The largest absolute Gasteiger partial charge is 0.497 e. The van der Waals surface area contributed by atoms with E-state index in [4.69, 9.17) is 9.47 Å². The van der Waals surface area contributed by atoms with Gasteiger partial charge in [0.2, 0.25) is 0 Å². The van der Waals surface area contributed by atoms with Gasteiger partial charge in [-0.15, -0.1) is 0 Å². The summed E-state index contributed by atoms with van der Waals surface area (Å²) in [5, 5.41) is 9.48. The highest BCUT2D eigenvalue weighted by Gasteiger charge is 2.32. The molecule has 0 bridgehead atoms. The normalized spacial score (nSPS) is 18.9. The van der Waals surface area contributed by atoms with E-state index in [0.717, 1.165) is 35.6 Å². The Morgan fingerprint density at radius 3 is 2.65 bits per heavy atom. The molecular weight excluding hydrogens is 332 g/mol. The number of carboxylic acids is 1. The molecule has 3 rings (SSSR count). The second-order valence-corrected chi connectivity index (χ2v) is 6.46. The van der Waals surface area contributed by atoms with Crippen molar-refractivity contribution in [2.45, 2.75) is 18.9 Å². The van der Waals surface area contributed by atoms with Gasteiger partial charge in [-0.25, -0.2) is 0 Å². The van der Waals surface area contributed by atoms with E-state index in [1.807, 2.05) is 30.3 Å². The van der Waals surface area contributed by atoms with Gasteiger partial charge in [-0.1, -0.05) is 0 Å². The maximum atomic E-state index is 11.5. The maximum absolute atomic E-state index is 11.5. The summed E-state index contributed by atoms with van der Waals surface area (Å²) in [6.45, 7) is 1.33. The van der Waals surface area contributed by atoms with Gasteiger partial charge in [-0.3, -0.25) is 14.7 Å². The van der Waals surface area contributed by atoms with Crippen molar-refractivity contribution in [2.24, 2.45) is 5.92 Å². The molecule has 1 aromatic carbocycles. The third-order valence-electron chi connectivity index (χ3n) is 4.92. The van der Waals surface area contributed by atoms with Gasteiger partial charge >= 0.3 is 5.97 Å². The minimum atomic E-state index is -0.735. The lowest BCUT2D eigenvalue weighted by Crippen LogP contribution is -2.41. The van der Waals surface area contributed by atoms with Crippen LogP contribution in [0.4, 0.5) is 0 Å². The summed E-state index contributed by atoms with van der Waals surface area (Å²) in [5.74, 6) is 0.405. The number of nitrogens with zero attached hydrogens (tertiary/aromatic N) is 2. The Hall–Kier alpha value is -2.60. The fraction of sp³-hybridized carbons (Fsp3) is 0.400. The van der Waals surface area contributed by atoms with Crippen LogP contribution in [0.1, 0.15) is 30.0 Å². The van der Waals surface area contributed by atoms with E-state index in [1.165, 1.54) is 0 Å². The molecule has 0 radical (unpaired) electrons. The topological polar surface area (TPSA) is 71.9 Å². The van der Waals surface area contributed by atoms with Crippen LogP contribution in [0.3, 0.4) is 0 Å². The highest BCUT2D eigenvalue weighted by molar-refractivity contribution is 5.70. The minimum absolute atomic E-state index is 0.120. The van der Waals surface area contributed by atoms with E-state index in [1.54, 1.807) is 26.6 Å². The molecule has 1 saturated heterocycles. The second-order valence-electron chi connectivity index (χ2n) is 6.46. The molecule has 0 spiro atoms. The lowest BCUT2D eigenvalue weighted by atomic mass is 9.91. The highest BCUT2D eigenvalue weighted by Crippen LogP contribution is 2.38. The first-order chi connectivity index (χ1) is 12.6. The van der Waals surface area contributed by atoms with Gasteiger partial charge in [0.05, 0.1) is 26.2 Å². The zero-order chi connectivity index (χ0) is 18.5. The van der Waals surface area contributed by atoms with Crippen molar-refractivity contribution in [2.75, 3.05) is 27.3 Å². The van der Waals surface area contributed by atoms with E-state index in [9.17, 15) is 9.90 Å². The number of methoxy groups -OCH3 is 2. The van der Waals surface area contributed by atoms with E-state index in [0.29, 0.717) is 13.0 Å². The predicted octanol–water partition coefficient (Wildman–Crippen LogP) is 2.98. The van der Waals surface area contributed by atoms with E-state index < -0.39 is 5.97 Å². The highest BCUT2D eigenvalue weighted by atomic mass is 16.5. The molecule has 6 nitrogen and oxygen atoms in total. The molecule has 1 fully saturated rings. The number of rotatable bonds is 6. The zero-order valence-electron chi connectivity index (χ0n) is 15.1. The number of aromatic nitrogens is 1. The first-order valence-corrected chi connectivity index (χ1v) is 8.72. The van der Waals surface area contributed by atoms with Crippen LogP contribution >= 0.6 is 0 Å². The fourth-order valence-corrected chi connectivity index (χ4v) is 3.63. The first kappa shape index (κ1) is 18.2. The first-order valence-electron chi connectivity index (χ1n) is 8.72. The van der Waals surface area contributed by atoms with Crippen LogP contribution in [-0.2, 0) is 4.79 Å². The predicted molar refractivity (Wildman–Crippen MR) is 97.6 cm³/mol. The average molecular weight is 356 g/mol. The van der Waals surface area contributed by atoms with Crippen LogP contribution in [0, 0.1) is 5.92 Å². The van der Waals surface area contributed by atoms with Crippen LogP contribution in [0.25, 0.3) is 0 Å². The summed E-state index contributed by atoms with van der Waals surface area (Å²) in [7, 11) is 3.28. The molecule has 1 N–H and O–H groups in total. The van der Waals surface area contributed by atoms with Gasteiger partial charge in [0.15, 0.2) is 0 Å². The lowest BCUT2D eigenvalue weighted by Gasteiger charge is -2.38. The molecule has 1 aliphatic heterocycles. The molecule has 0 aliphatic carbocycles. The summed E-state index contributed by atoms with van der Waals surface area (Å²) in [6, 6.07) is 9.53. The molecule has 2 aromatic rings. The molecule has 6 heteroatoms. The quantitative estimate of drug-likeness (QED) is 0.858. The molecule has 2 atom stereocenters. The zero-order valence-corrected chi connectivity index (χ0v) is 15.1. The van der Waals surface area contributed by atoms with E-state index >= 15 is 0 Å². The number of carbonyl (C=O) groups is 1. The van der Waals surface area contributed by atoms with Gasteiger partial charge in [0.1, 0.15) is 11.5 Å². The van der Waals surface area contributed by atoms with Crippen LogP contribution < -0.4 is 9.47 Å². The van der Waals surface area contributed by atoms with Crippen LogP contribution in [0.15, 0.2) is 42.7 Å². The van der Waals surface area contributed by atoms with Crippen LogP contribution in [0.5, 0.6) is 11.5 Å². The molecule has 1 aromatic heterocycles. The van der Waals surface area contributed by atoms with Gasteiger partial charge in [-0.05, 0) is 55.3 Å². The number of likely N-dealkylation sites (tertiary alicyclic amines) is 1. The number of pyridine rings is 1. The number of ether oxygens (including phenoxy) is 2. The van der Waals surface area contributed by atoms with Crippen molar-refractivity contribution < 1.29 is 19.4 Å². The number of aliphatic carboxylic acids is 1. The molecule has 2 unspecified atom stereocenters. The monoisotopic (exact) mass is 356 g/mol. The Morgan fingerprint density at radius 2 is 2.00 bits per heavy atom. The number of hydrogen-bond donors (Lipinski definition) is 1. The van der Waals surface area contributed by atoms with Crippen molar-refractivity contribution in [1.82, 2.24) is 9.88 Å². The van der Waals surface area contributed by atoms with Gasteiger partial charge in [-0.2, -0.15) is 0 Å². The van der Waals surface area contributed by atoms with Crippen molar-refractivity contribution in [3.05, 3.63) is 53.9 Å². The van der Waals surface area contributed by atoms with Gasteiger partial charge in [0.25, 0.3) is 0 Å². The van der Waals surface area contributed by atoms with Gasteiger partial charge < -0.3 is 14.6 Å². The molecule has 2 heterocycles. The van der Waals surface area contributed by atoms with Gasteiger partial charge in [0, 0.05) is 24.5 Å². The smallest absolute Gasteiger partial charge is 0.307 e. The SMILES string of the molecule is COc1ccc(OC)c(C(c2ccncc2)N2CCCC(C(=O)O)C2)c1. The standard InChI is InChI=1S/C20H24N2O4/c1-25-16-5-6-18(26-2)17(12-16)19(14-7-9-21-10-8-14)22-11-3-4-15(13-22)20(23)24/h5-10,12,15,19H,3-4,11,13H2,1-2H3,(H,23,24). The third kappa shape index (κ3) is 3.80. The molecular formula is C20H24N2O4. The maximum Gasteiger partial charge on any atom is 0.307 e. The van der Waals surface area contributed by atoms with E-state index in [-0.39, 0.29) is 12.0 Å². The Kier molecular flexibility index (Phi) is 5.73. The fourth-order valence-electron chi connectivity index (χ4n) is 3.63. The summed E-state index contributed by atoms with van der Waals surface area (Å²) in [6.07, 6.45) is 5.08. The Labute approximate surface area is 153 Å². The van der Waals surface area contributed by atoms with Crippen molar-refractivity contribution in [1.29, 1.82) is 0 Å². The minimum Gasteiger partial charge on any atom is -0.497 e. The molecule has 0 amide bonds. The second kappa shape index (κ2) is 8.19. The molecule has 1 aliphatic rings. The summed E-state index contributed by atoms with van der Waals surface area (Å²) < 4.78 is 11.0. The number of piperidine rings is 1. The van der Waals surface area contributed by atoms with Crippen molar-refractivity contribution in [3.63, 3.8) is 0 Å². The van der Waals surface area contributed by atoms with E-state index in [2.05, 4.69) is 9.88 Å². The molecule has 26 heavy (non-hydrogen) atoms. The summed E-state index contributed by atoms with van der Waals surface area (Å²) in [5.41, 5.74) is 2.02. The van der Waals surface area contributed by atoms with Crippen LogP contribution in [-0.4, -0.2) is 48.3 Å². The summed E-state index contributed by atoms with van der Waals surface area (Å²) >= 11 is 0.